The van der Waals surface area contributed by atoms with Crippen molar-refractivity contribution in [1.29, 1.82) is 0 Å². The summed E-state index contributed by atoms with van der Waals surface area (Å²) in [6.07, 6.45) is 0.666. The smallest absolute Gasteiger partial charge is 0.292 e. The van der Waals surface area contributed by atoms with E-state index in [1.54, 1.807) is 27.2 Å². The molecular weight excluding hydrogens is 400 g/mol. The van der Waals surface area contributed by atoms with Gasteiger partial charge in [0.05, 0.1) is 19.1 Å². The Morgan fingerprint density at radius 1 is 1.06 bits per heavy atom. The van der Waals surface area contributed by atoms with Gasteiger partial charge in [0.15, 0.2) is 11.5 Å². The molecule has 166 valence electrons. The third-order valence-corrected chi connectivity index (χ3v) is 5.44. The van der Waals surface area contributed by atoms with E-state index >= 15 is 0 Å². The van der Waals surface area contributed by atoms with Crippen LogP contribution in [0.1, 0.15) is 12.5 Å². The van der Waals surface area contributed by atoms with Gasteiger partial charge in [0.2, 0.25) is 5.91 Å². The molecule has 1 saturated heterocycles. The SMILES string of the molecule is COc1ccc(CCNc2cc(N3CCN(C(C)=O)CC3)ccc2[N+](=O)[O-])cc1OC. The quantitative estimate of drug-likeness (QED) is 0.510. The van der Waals surface area contributed by atoms with Crippen LogP contribution in [0.25, 0.3) is 0 Å². The molecule has 0 radical (unpaired) electrons. The highest BCUT2D eigenvalue weighted by Crippen LogP contribution is 2.31. The fourth-order valence-electron chi connectivity index (χ4n) is 3.68. The second-order valence-corrected chi connectivity index (χ2v) is 7.32. The van der Waals surface area contributed by atoms with Crippen LogP contribution in [0.4, 0.5) is 17.1 Å². The molecule has 1 N–H and O–H groups in total. The number of nitro groups is 1. The van der Waals surface area contributed by atoms with Crippen molar-refractivity contribution >= 4 is 23.0 Å². The second-order valence-electron chi connectivity index (χ2n) is 7.32. The molecular formula is C22H28N4O5. The van der Waals surface area contributed by atoms with E-state index in [1.807, 2.05) is 29.2 Å². The van der Waals surface area contributed by atoms with Gasteiger partial charge in [-0.2, -0.15) is 0 Å². The minimum absolute atomic E-state index is 0.0402. The Morgan fingerprint density at radius 2 is 1.77 bits per heavy atom. The zero-order valence-corrected chi connectivity index (χ0v) is 18.1. The summed E-state index contributed by atoms with van der Waals surface area (Å²) >= 11 is 0. The van der Waals surface area contributed by atoms with E-state index in [4.69, 9.17) is 9.47 Å². The van der Waals surface area contributed by atoms with Gasteiger partial charge in [-0.05, 0) is 36.2 Å². The number of nitrogens with zero attached hydrogens (tertiary/aromatic N) is 3. The highest BCUT2D eigenvalue weighted by molar-refractivity contribution is 5.74. The number of hydrogen-bond acceptors (Lipinski definition) is 7. The molecule has 2 aromatic carbocycles. The van der Waals surface area contributed by atoms with Crippen molar-refractivity contribution < 1.29 is 19.2 Å². The molecule has 1 heterocycles. The van der Waals surface area contributed by atoms with Crippen LogP contribution in [0.2, 0.25) is 0 Å². The first-order chi connectivity index (χ1) is 14.9. The van der Waals surface area contributed by atoms with Crippen LogP contribution in [0.3, 0.4) is 0 Å². The number of carbonyl (C=O) groups excluding carboxylic acids is 1. The Balaban J connectivity index is 1.69. The molecule has 9 heteroatoms. The molecule has 0 spiro atoms. The molecule has 0 unspecified atom stereocenters. The molecule has 31 heavy (non-hydrogen) atoms. The Kier molecular flexibility index (Phi) is 7.17. The van der Waals surface area contributed by atoms with Crippen LogP contribution >= 0.6 is 0 Å². The Labute approximate surface area is 181 Å². The number of methoxy groups -OCH3 is 2. The van der Waals surface area contributed by atoms with Crippen LogP contribution in [0.15, 0.2) is 36.4 Å². The first-order valence-electron chi connectivity index (χ1n) is 10.2. The Morgan fingerprint density at radius 3 is 2.39 bits per heavy atom. The summed E-state index contributed by atoms with van der Waals surface area (Å²) < 4.78 is 10.6. The molecule has 1 aliphatic heterocycles. The number of piperazine rings is 1. The van der Waals surface area contributed by atoms with Crippen molar-refractivity contribution in [1.82, 2.24) is 4.90 Å². The van der Waals surface area contributed by atoms with Gasteiger partial charge in [-0.15, -0.1) is 0 Å². The number of carbonyl (C=O) groups is 1. The van der Waals surface area contributed by atoms with E-state index in [9.17, 15) is 14.9 Å². The summed E-state index contributed by atoms with van der Waals surface area (Å²) in [7, 11) is 3.18. The monoisotopic (exact) mass is 428 g/mol. The van der Waals surface area contributed by atoms with Crippen molar-refractivity contribution in [3.63, 3.8) is 0 Å². The van der Waals surface area contributed by atoms with Gasteiger partial charge in [-0.1, -0.05) is 6.07 Å². The number of amides is 1. The topological polar surface area (TPSA) is 97.2 Å². The van der Waals surface area contributed by atoms with Crippen LogP contribution < -0.4 is 19.7 Å². The van der Waals surface area contributed by atoms with Gasteiger partial charge >= 0.3 is 0 Å². The maximum atomic E-state index is 11.5. The van der Waals surface area contributed by atoms with Gasteiger partial charge in [0.1, 0.15) is 5.69 Å². The van der Waals surface area contributed by atoms with Crippen molar-refractivity contribution in [2.45, 2.75) is 13.3 Å². The molecule has 0 bridgehead atoms. The molecule has 1 fully saturated rings. The highest BCUT2D eigenvalue weighted by Gasteiger charge is 2.21. The van der Waals surface area contributed by atoms with Gasteiger partial charge in [-0.3, -0.25) is 14.9 Å². The number of rotatable bonds is 8. The lowest BCUT2D eigenvalue weighted by atomic mass is 10.1. The van der Waals surface area contributed by atoms with Gasteiger partial charge in [0.25, 0.3) is 5.69 Å². The van der Waals surface area contributed by atoms with Crippen molar-refractivity contribution in [3.05, 3.63) is 52.1 Å². The van der Waals surface area contributed by atoms with Crippen LogP contribution in [0.5, 0.6) is 11.5 Å². The lowest BCUT2D eigenvalue weighted by Gasteiger charge is -2.35. The van der Waals surface area contributed by atoms with Gasteiger partial charge in [0, 0.05) is 51.4 Å². The summed E-state index contributed by atoms with van der Waals surface area (Å²) in [6.45, 7) is 4.79. The second kappa shape index (κ2) is 10.0. The van der Waals surface area contributed by atoms with E-state index in [0.717, 1.165) is 11.3 Å². The predicted octanol–water partition coefficient (Wildman–Crippen LogP) is 2.94. The first-order valence-corrected chi connectivity index (χ1v) is 10.2. The number of hydrogen-bond donors (Lipinski definition) is 1. The van der Waals surface area contributed by atoms with Crippen LogP contribution in [-0.2, 0) is 11.2 Å². The standard InChI is InChI=1S/C22H28N4O5/c1-16(27)24-10-12-25(13-11-24)18-5-6-20(26(28)29)19(15-18)23-9-8-17-4-7-21(30-2)22(14-17)31-3/h4-7,14-15,23H,8-13H2,1-3H3. The van der Waals surface area contributed by atoms with Crippen molar-refractivity contribution in [2.75, 3.05) is 57.2 Å². The number of nitro benzene ring substituents is 1. The lowest BCUT2D eigenvalue weighted by Crippen LogP contribution is -2.48. The summed E-state index contributed by atoms with van der Waals surface area (Å²) in [4.78, 5) is 26.6. The van der Waals surface area contributed by atoms with Crippen LogP contribution in [0, 0.1) is 10.1 Å². The molecule has 0 aliphatic carbocycles. The average Bonchev–Trinajstić information content (AvgIpc) is 2.78. The third-order valence-electron chi connectivity index (χ3n) is 5.44. The summed E-state index contributed by atoms with van der Waals surface area (Å²) in [5.41, 5.74) is 2.46. The van der Waals surface area contributed by atoms with E-state index in [0.29, 0.717) is 56.3 Å². The van der Waals surface area contributed by atoms with E-state index in [1.165, 1.54) is 6.07 Å². The lowest BCUT2D eigenvalue weighted by molar-refractivity contribution is -0.383. The minimum Gasteiger partial charge on any atom is -0.493 e. The zero-order valence-electron chi connectivity index (χ0n) is 18.1. The molecule has 2 aromatic rings. The molecule has 3 rings (SSSR count). The maximum absolute atomic E-state index is 11.5. The number of benzene rings is 2. The van der Waals surface area contributed by atoms with E-state index in [-0.39, 0.29) is 16.5 Å². The molecule has 0 atom stereocenters. The molecule has 1 aliphatic rings. The predicted molar refractivity (Wildman–Crippen MR) is 119 cm³/mol. The Hall–Kier alpha value is -3.49. The molecule has 9 nitrogen and oxygen atoms in total. The average molecular weight is 428 g/mol. The third kappa shape index (κ3) is 5.36. The first kappa shape index (κ1) is 22.2. The summed E-state index contributed by atoms with van der Waals surface area (Å²) in [6, 6.07) is 10.8. The highest BCUT2D eigenvalue weighted by atomic mass is 16.6. The van der Waals surface area contributed by atoms with E-state index in [2.05, 4.69) is 10.2 Å². The fourth-order valence-corrected chi connectivity index (χ4v) is 3.68. The number of ether oxygens (including phenoxy) is 2. The fraction of sp³-hybridized carbons (Fsp3) is 0.409. The van der Waals surface area contributed by atoms with E-state index < -0.39 is 0 Å². The van der Waals surface area contributed by atoms with Gasteiger partial charge < -0.3 is 24.6 Å². The van der Waals surface area contributed by atoms with Crippen LogP contribution in [-0.4, -0.2) is 62.7 Å². The maximum Gasteiger partial charge on any atom is 0.292 e. The Bertz CT molecular complexity index is 941. The zero-order chi connectivity index (χ0) is 22.4. The molecule has 1 amide bonds. The largest absolute Gasteiger partial charge is 0.493 e. The van der Waals surface area contributed by atoms with Crippen molar-refractivity contribution in [2.24, 2.45) is 0 Å². The number of anilines is 2. The summed E-state index contributed by atoms with van der Waals surface area (Å²) in [5.74, 6) is 1.38. The molecule has 0 saturated carbocycles. The molecule has 0 aromatic heterocycles. The number of nitrogens with one attached hydrogen (secondary N) is 1. The van der Waals surface area contributed by atoms with Gasteiger partial charge in [-0.25, -0.2) is 0 Å². The normalized spacial score (nSPS) is 13.6. The van der Waals surface area contributed by atoms with Crippen molar-refractivity contribution in [3.8, 4) is 11.5 Å². The minimum atomic E-state index is -0.379. The summed E-state index contributed by atoms with van der Waals surface area (Å²) in [5, 5.41) is 14.7.